The van der Waals surface area contributed by atoms with Crippen molar-refractivity contribution in [3.8, 4) is 0 Å². The Kier molecular flexibility index (Phi) is 32.1. The maximum Gasteiger partial charge on any atom is 0.359 e. The Balaban J connectivity index is 0.000000173. The molecule has 6 aromatic rings. The summed E-state index contributed by atoms with van der Waals surface area (Å²) in [4.78, 5) is 109. The third kappa shape index (κ3) is 21.3. The van der Waals surface area contributed by atoms with Crippen molar-refractivity contribution in [2.24, 2.45) is 28.2 Å². The van der Waals surface area contributed by atoms with Crippen molar-refractivity contribution in [2.75, 3.05) is 118 Å². The lowest BCUT2D eigenvalue weighted by molar-refractivity contribution is 0.0515. The number of aryl methyl sites for hydroxylation is 4. The Bertz CT molecular complexity index is 5980. The number of halogens is 2. The number of ether oxygens (including phenoxy) is 5. The minimum Gasteiger partial charge on any atom is -0.476 e. The fraction of sp³-hybridized carbons (Fsp3) is 0.582. The van der Waals surface area contributed by atoms with Crippen LogP contribution in [0.3, 0.4) is 0 Å². The van der Waals surface area contributed by atoms with E-state index in [1.807, 2.05) is 24.3 Å². The van der Waals surface area contributed by atoms with E-state index in [2.05, 4.69) is 50.8 Å². The number of esters is 1. The van der Waals surface area contributed by atoms with Crippen LogP contribution in [0.4, 0.5) is 0 Å². The number of carboxylic acid groups (broad SMARTS) is 1. The Morgan fingerprint density at radius 3 is 0.940 bits per heavy atom. The van der Waals surface area contributed by atoms with Gasteiger partial charge in [-0.1, -0.05) is 65.7 Å². The number of aromatic carboxylic acids is 1. The number of aliphatic hydroxyl groups excluding tert-OH is 1. The monoisotopic (exact) mass is 1980 g/mol. The molecule has 734 valence electrons. The first kappa shape index (κ1) is 105. The Hall–Kier alpha value is -9.56. The van der Waals surface area contributed by atoms with Gasteiger partial charge in [-0.05, 0) is 175 Å². The first-order chi connectivity index (χ1) is 62.8. The van der Waals surface area contributed by atoms with Gasteiger partial charge in [-0.2, -0.15) is 20.4 Å². The molecular formula is C91H124Cl2N14O23S4. The second-order valence-electron chi connectivity index (χ2n) is 37.7. The summed E-state index contributed by atoms with van der Waals surface area (Å²) in [5.74, 6) is -3.80. The molecule has 4 aliphatic heterocycles. The number of amides is 6. The molecule has 4 saturated carbocycles. The van der Waals surface area contributed by atoms with Crippen LogP contribution in [-0.4, -0.2) is 306 Å². The van der Waals surface area contributed by atoms with Gasteiger partial charge in [-0.15, -0.1) is 19.7 Å². The molecule has 8 heterocycles. The third-order valence-electron chi connectivity index (χ3n) is 26.0. The molecule has 8 aliphatic rings. The zero-order valence-electron chi connectivity index (χ0n) is 78.3. The number of rotatable bonds is 41. The van der Waals surface area contributed by atoms with E-state index in [-0.39, 0.29) is 163 Å². The molecule has 0 spiro atoms. The number of fused-ring (bicyclic) bond motifs is 4. The first-order valence-electron chi connectivity index (χ1n) is 44.4. The molecule has 4 aliphatic carbocycles. The van der Waals surface area contributed by atoms with Crippen molar-refractivity contribution in [1.82, 2.24) is 69.4 Å². The Labute approximate surface area is 792 Å². The van der Waals surface area contributed by atoms with Crippen LogP contribution >= 0.6 is 23.2 Å². The number of carbonyl (C=O) groups excluding carboxylic acids is 7. The highest BCUT2D eigenvalue weighted by molar-refractivity contribution is 7.95. The Morgan fingerprint density at radius 2 is 0.687 bits per heavy atom. The van der Waals surface area contributed by atoms with Crippen molar-refractivity contribution in [1.29, 1.82) is 0 Å². The normalized spacial score (nSPS) is 17.5. The standard InChI is InChI=1S/C26H33ClN4O5S.C25H33ClN4O6S.C21H31N3O6S.C19H27N3O6S/c1-5-14-36-17-25(2,3)37(34,35)26(11-12-26)16-31-13-10-20-21(29-30(4)22(20)24(31)33)23(32)28-15-18-6-8-19(27)9-7-18;1-24(2,16-36-13-12-31)37(34,35)25(9-10-25)15-30-11-8-19-20(28-29(3)21(19)23(30)33)22(32)27-14-17-4-6-18(26)7-5-17;1-6-12-29-14-20(3,4)31(27,28)21(9-10-21)13-24-11-8-15-16(19(26)30-7-2)22-23(5)17(15)18(24)25;1-5-10-28-12-18(2,3)29(26,27)19(7-8-19)11-22-9-6-13-14(17(24)25)20-21(4)15(13)16(22)23/h5-9H,1,10-17H2,2-4H3,(H,28,32);4-7,31H,8-16H2,1-3H3,(H,27,32);6H,1,7-14H2,2-5H3;5H,1,6-12H2,2-4H3,(H,24,25). The molecule has 2 aromatic carbocycles. The number of nitrogens with zero attached hydrogens (tertiary/aromatic N) is 12. The quantitative estimate of drug-likeness (QED) is 0.0167. The van der Waals surface area contributed by atoms with Crippen molar-refractivity contribution < 1.29 is 106 Å². The molecular weight excluding hydrogens is 1860 g/mol. The lowest BCUT2D eigenvalue weighted by atomic mass is 10.0. The first-order valence-corrected chi connectivity index (χ1v) is 51.1. The number of carbonyl (C=O) groups is 8. The molecule has 0 bridgehead atoms. The molecule has 0 radical (unpaired) electrons. The van der Waals surface area contributed by atoms with Crippen molar-refractivity contribution in [2.45, 2.75) is 190 Å². The molecule has 4 N–H and O–H groups in total. The zero-order valence-corrected chi connectivity index (χ0v) is 83.1. The molecule has 43 heteroatoms. The number of hydrogen-bond donors (Lipinski definition) is 4. The van der Waals surface area contributed by atoms with E-state index < -0.39 is 89.3 Å². The highest BCUT2D eigenvalue weighted by Crippen LogP contribution is 2.54. The van der Waals surface area contributed by atoms with E-state index >= 15 is 0 Å². The second kappa shape index (κ2) is 41.0. The molecule has 0 unspecified atom stereocenters. The van der Waals surface area contributed by atoms with Gasteiger partial charge in [0, 0.05) is 126 Å². The van der Waals surface area contributed by atoms with Gasteiger partial charge in [-0.3, -0.25) is 47.5 Å². The summed E-state index contributed by atoms with van der Waals surface area (Å²) >= 11 is 11.8. The molecule has 14 rings (SSSR count). The van der Waals surface area contributed by atoms with Gasteiger partial charge in [0.25, 0.3) is 35.4 Å². The summed E-state index contributed by atoms with van der Waals surface area (Å²) in [6, 6.07) is 14.3. The highest BCUT2D eigenvalue weighted by Gasteiger charge is 2.65. The summed E-state index contributed by atoms with van der Waals surface area (Å²) in [6.45, 7) is 28.9. The smallest absolute Gasteiger partial charge is 0.359 e. The molecule has 6 amide bonds. The van der Waals surface area contributed by atoms with E-state index in [0.717, 1.165) is 11.1 Å². The summed E-state index contributed by atoms with van der Waals surface area (Å²) in [7, 11) is -8.08. The third-order valence-corrected chi connectivity index (χ3v) is 39.5. The van der Waals surface area contributed by atoms with Crippen LogP contribution in [-0.2, 0) is 130 Å². The van der Waals surface area contributed by atoms with E-state index in [9.17, 15) is 77.1 Å². The zero-order chi connectivity index (χ0) is 98.7. The molecule has 0 atom stereocenters. The topological polar surface area (TPSA) is 468 Å². The maximum atomic E-state index is 13.6. The van der Waals surface area contributed by atoms with Gasteiger partial charge in [0.1, 0.15) is 22.8 Å². The van der Waals surface area contributed by atoms with E-state index in [0.29, 0.717) is 159 Å². The van der Waals surface area contributed by atoms with Crippen LogP contribution in [0.15, 0.2) is 86.5 Å². The minimum atomic E-state index is -3.66. The van der Waals surface area contributed by atoms with Gasteiger partial charge in [0.15, 0.2) is 62.1 Å². The van der Waals surface area contributed by atoms with Gasteiger partial charge in [0.2, 0.25) is 0 Å². The summed E-state index contributed by atoms with van der Waals surface area (Å²) < 4.78 is 132. The number of carboxylic acids is 1. The van der Waals surface area contributed by atoms with Crippen LogP contribution in [0.2, 0.25) is 10.0 Å². The van der Waals surface area contributed by atoms with Crippen molar-refractivity contribution in [3.05, 3.63) is 175 Å². The summed E-state index contributed by atoms with van der Waals surface area (Å²) in [5.41, 5.74) is 5.52. The van der Waals surface area contributed by atoms with Crippen LogP contribution in [0.5, 0.6) is 0 Å². The van der Waals surface area contributed by atoms with E-state index in [1.54, 1.807) is 141 Å². The molecule has 4 fully saturated rings. The van der Waals surface area contributed by atoms with E-state index in [4.69, 9.17) is 52.0 Å². The fourth-order valence-electron chi connectivity index (χ4n) is 17.7. The average Bonchev–Trinajstić information content (AvgIpc) is 1.57. The lowest BCUT2D eigenvalue weighted by Crippen LogP contribution is -2.52. The second-order valence-corrected chi connectivity index (χ2v) is 50.5. The minimum absolute atomic E-state index is 0.0358. The van der Waals surface area contributed by atoms with Gasteiger partial charge in [-0.25, -0.2) is 43.3 Å². The number of nitrogens with one attached hydrogen (secondary N) is 2. The lowest BCUT2D eigenvalue weighted by Gasteiger charge is -2.35. The van der Waals surface area contributed by atoms with Crippen molar-refractivity contribution in [3.63, 3.8) is 0 Å². The van der Waals surface area contributed by atoms with Gasteiger partial charge in [0.05, 0.1) is 104 Å². The van der Waals surface area contributed by atoms with Gasteiger partial charge >= 0.3 is 11.9 Å². The molecule has 37 nitrogen and oxygen atoms in total. The molecule has 0 saturated heterocycles. The van der Waals surface area contributed by atoms with Crippen LogP contribution in [0, 0.1) is 0 Å². The number of sulfone groups is 4. The molecule has 4 aromatic heterocycles. The van der Waals surface area contributed by atoms with Crippen LogP contribution < -0.4 is 10.6 Å². The van der Waals surface area contributed by atoms with Crippen molar-refractivity contribution >= 4 is 110 Å². The van der Waals surface area contributed by atoms with Crippen LogP contribution in [0.1, 0.15) is 231 Å². The average molecular weight is 1980 g/mol. The summed E-state index contributed by atoms with van der Waals surface area (Å²) in [6.07, 6.45) is 10.2. The van der Waals surface area contributed by atoms with Crippen LogP contribution in [0.25, 0.3) is 0 Å². The van der Waals surface area contributed by atoms with E-state index in [1.165, 1.54) is 30.7 Å². The predicted molar refractivity (Wildman–Crippen MR) is 500 cm³/mol. The maximum absolute atomic E-state index is 13.6. The van der Waals surface area contributed by atoms with Gasteiger partial charge < -0.3 is 64.1 Å². The number of aromatic nitrogens is 8. The number of benzene rings is 2. The largest absolute Gasteiger partial charge is 0.476 e. The fourth-order valence-corrected chi connectivity index (χ4v) is 27.5. The number of aliphatic hydroxyl groups is 1. The SMILES string of the molecule is C=CCOCC(C)(C)S(=O)(=O)C1(CN2CCc3c(C(=O)NCc4ccc(Cl)cc4)nn(C)c3C2=O)CC1.C=CCOCC(C)(C)S(=O)(=O)C1(CN2CCc3c(C(=O)O)nn(C)c3C2=O)CC1.C=CCOCC(C)(C)S(=O)(=O)C1(CN2CCc3c(C(=O)OCC)nn(C)c3C2=O)CC1.Cn1nc(C(=O)NCc2ccc(Cl)cc2)c2c1C(=O)N(CC1(S(=O)(=O)C(C)(C)COCCO)CC1)CC2. The highest BCUT2D eigenvalue weighted by atomic mass is 35.5. The summed E-state index contributed by atoms with van der Waals surface area (Å²) in [5, 5.41) is 42.0. The number of hydrogen-bond acceptors (Lipinski definition) is 26. The Morgan fingerprint density at radius 1 is 0.433 bits per heavy atom. The molecule has 134 heavy (non-hydrogen) atoms. The predicted octanol–water partition coefficient (Wildman–Crippen LogP) is 7.24.